The molecule has 1 aliphatic carbocycles. The molecule has 5 nitrogen and oxygen atoms in total. The normalized spacial score (nSPS) is 18.4. The SMILES string of the molecule is CC(C)C(C#N)N1CCN(C(=O)CCC(=O)c2ccc3c(c2)CCCC3)CC1. The summed E-state index contributed by atoms with van der Waals surface area (Å²) in [6.45, 7) is 6.82. The second-order valence-corrected chi connectivity index (χ2v) is 8.35. The number of rotatable bonds is 6. The molecule has 1 aromatic carbocycles. The number of fused-ring (bicyclic) bond motifs is 1. The fourth-order valence-electron chi connectivity index (χ4n) is 4.33. The molecule has 28 heavy (non-hydrogen) atoms. The lowest BCUT2D eigenvalue weighted by molar-refractivity contribution is -0.133. The molecule has 3 rings (SSSR count). The maximum atomic E-state index is 12.6. The Morgan fingerprint density at radius 2 is 1.71 bits per heavy atom. The fraction of sp³-hybridized carbons (Fsp3) is 0.609. The molecule has 5 heteroatoms. The van der Waals surface area contributed by atoms with Gasteiger partial charge in [0, 0.05) is 44.6 Å². The van der Waals surface area contributed by atoms with Crippen LogP contribution >= 0.6 is 0 Å². The van der Waals surface area contributed by atoms with E-state index in [0.29, 0.717) is 13.1 Å². The third-order valence-electron chi connectivity index (χ3n) is 6.06. The van der Waals surface area contributed by atoms with Crippen LogP contribution in [-0.4, -0.2) is 53.7 Å². The molecule has 1 aliphatic heterocycles. The van der Waals surface area contributed by atoms with E-state index in [2.05, 4.69) is 30.9 Å². The van der Waals surface area contributed by atoms with Crippen LogP contribution in [0, 0.1) is 17.2 Å². The van der Waals surface area contributed by atoms with Crippen molar-refractivity contribution < 1.29 is 9.59 Å². The molecule has 1 amide bonds. The molecule has 2 aliphatic rings. The Balaban J connectivity index is 1.48. The first kappa shape index (κ1) is 20.5. The highest BCUT2D eigenvalue weighted by Gasteiger charge is 2.27. The van der Waals surface area contributed by atoms with E-state index in [1.54, 1.807) is 0 Å². The lowest BCUT2D eigenvalue weighted by Crippen LogP contribution is -2.52. The van der Waals surface area contributed by atoms with Gasteiger partial charge in [0.15, 0.2) is 5.78 Å². The van der Waals surface area contributed by atoms with E-state index in [9.17, 15) is 14.9 Å². The zero-order valence-corrected chi connectivity index (χ0v) is 17.1. The van der Waals surface area contributed by atoms with Gasteiger partial charge in [0.25, 0.3) is 0 Å². The minimum absolute atomic E-state index is 0.0454. The molecule has 1 atom stereocenters. The molecule has 0 spiro atoms. The molecular weight excluding hydrogens is 350 g/mol. The maximum Gasteiger partial charge on any atom is 0.223 e. The van der Waals surface area contributed by atoms with Gasteiger partial charge in [-0.3, -0.25) is 14.5 Å². The van der Waals surface area contributed by atoms with Crippen LogP contribution in [0.25, 0.3) is 0 Å². The third-order valence-corrected chi connectivity index (χ3v) is 6.06. The highest BCUT2D eigenvalue weighted by Crippen LogP contribution is 2.23. The summed E-state index contributed by atoms with van der Waals surface area (Å²) in [6, 6.07) is 8.32. The second-order valence-electron chi connectivity index (χ2n) is 8.35. The van der Waals surface area contributed by atoms with Crippen molar-refractivity contribution in [1.29, 1.82) is 5.26 Å². The van der Waals surface area contributed by atoms with Gasteiger partial charge in [-0.1, -0.05) is 26.0 Å². The lowest BCUT2D eigenvalue weighted by atomic mass is 9.89. The summed E-state index contributed by atoms with van der Waals surface area (Å²) in [5.74, 6) is 0.384. The first-order chi connectivity index (χ1) is 13.5. The van der Waals surface area contributed by atoms with Crippen molar-refractivity contribution in [3.63, 3.8) is 0 Å². The van der Waals surface area contributed by atoms with E-state index in [1.807, 2.05) is 17.0 Å². The summed E-state index contributed by atoms with van der Waals surface area (Å²) in [6.07, 6.45) is 5.12. The van der Waals surface area contributed by atoms with Crippen molar-refractivity contribution in [1.82, 2.24) is 9.80 Å². The number of aryl methyl sites for hydroxylation is 2. The third kappa shape index (κ3) is 4.80. The summed E-state index contributed by atoms with van der Waals surface area (Å²) in [4.78, 5) is 29.1. The Hall–Kier alpha value is -2.19. The number of benzene rings is 1. The van der Waals surface area contributed by atoms with Crippen LogP contribution in [0.2, 0.25) is 0 Å². The predicted molar refractivity (Wildman–Crippen MR) is 109 cm³/mol. The minimum atomic E-state index is -0.0946. The number of Topliss-reactive ketones (excluding diaryl/α,β-unsaturated/α-hetero) is 1. The van der Waals surface area contributed by atoms with Crippen molar-refractivity contribution in [2.24, 2.45) is 5.92 Å². The molecule has 0 N–H and O–H groups in total. The van der Waals surface area contributed by atoms with Crippen LogP contribution in [0.15, 0.2) is 18.2 Å². The number of nitrogens with zero attached hydrogens (tertiary/aromatic N) is 3. The van der Waals surface area contributed by atoms with Gasteiger partial charge in [-0.05, 0) is 48.8 Å². The number of nitriles is 1. The summed E-state index contributed by atoms with van der Waals surface area (Å²) in [5, 5.41) is 9.34. The summed E-state index contributed by atoms with van der Waals surface area (Å²) >= 11 is 0. The number of amides is 1. The fourth-order valence-corrected chi connectivity index (χ4v) is 4.33. The minimum Gasteiger partial charge on any atom is -0.340 e. The zero-order chi connectivity index (χ0) is 20.1. The molecule has 1 fully saturated rings. The van der Waals surface area contributed by atoms with E-state index in [1.165, 1.54) is 24.0 Å². The number of carbonyl (C=O) groups excluding carboxylic acids is 2. The van der Waals surface area contributed by atoms with E-state index < -0.39 is 0 Å². The van der Waals surface area contributed by atoms with Crippen LogP contribution in [0.4, 0.5) is 0 Å². The molecule has 0 bridgehead atoms. The van der Waals surface area contributed by atoms with Crippen LogP contribution in [-0.2, 0) is 17.6 Å². The Kier molecular flexibility index (Phi) is 6.85. The average Bonchev–Trinajstić information content (AvgIpc) is 2.72. The van der Waals surface area contributed by atoms with Gasteiger partial charge in [0.1, 0.15) is 6.04 Å². The monoisotopic (exact) mass is 381 g/mol. The number of piperazine rings is 1. The standard InChI is InChI=1S/C23H31N3O2/c1-17(2)21(16-24)25-11-13-26(14-12-25)23(28)10-9-22(27)20-8-7-18-5-3-4-6-19(18)15-20/h7-8,15,17,21H,3-6,9-14H2,1-2H3. The maximum absolute atomic E-state index is 12.6. The van der Waals surface area contributed by atoms with Gasteiger partial charge in [0.2, 0.25) is 5.91 Å². The van der Waals surface area contributed by atoms with Crippen LogP contribution in [0.1, 0.15) is 61.0 Å². The van der Waals surface area contributed by atoms with Crippen molar-refractivity contribution in [2.45, 2.75) is 58.4 Å². The van der Waals surface area contributed by atoms with Crippen molar-refractivity contribution in [2.75, 3.05) is 26.2 Å². The second kappa shape index (κ2) is 9.34. The molecule has 1 unspecified atom stereocenters. The Labute approximate surface area is 168 Å². The highest BCUT2D eigenvalue weighted by atomic mass is 16.2. The van der Waals surface area contributed by atoms with Crippen molar-refractivity contribution in [3.8, 4) is 6.07 Å². The van der Waals surface area contributed by atoms with Crippen molar-refractivity contribution in [3.05, 3.63) is 34.9 Å². The molecule has 0 aromatic heterocycles. The number of carbonyl (C=O) groups is 2. The Morgan fingerprint density at radius 1 is 1.04 bits per heavy atom. The van der Waals surface area contributed by atoms with Gasteiger partial charge in [-0.15, -0.1) is 0 Å². The van der Waals surface area contributed by atoms with Crippen LogP contribution < -0.4 is 0 Å². The van der Waals surface area contributed by atoms with Gasteiger partial charge < -0.3 is 4.90 Å². The Bertz CT molecular complexity index is 758. The zero-order valence-electron chi connectivity index (χ0n) is 17.1. The smallest absolute Gasteiger partial charge is 0.223 e. The number of hydrogen-bond acceptors (Lipinski definition) is 4. The van der Waals surface area contributed by atoms with Crippen LogP contribution in [0.5, 0.6) is 0 Å². The lowest BCUT2D eigenvalue weighted by Gasteiger charge is -2.38. The Morgan fingerprint density at radius 3 is 2.36 bits per heavy atom. The van der Waals surface area contributed by atoms with E-state index in [0.717, 1.165) is 31.5 Å². The van der Waals surface area contributed by atoms with Gasteiger partial charge in [-0.2, -0.15) is 5.26 Å². The molecule has 0 saturated carbocycles. The first-order valence-electron chi connectivity index (χ1n) is 10.6. The van der Waals surface area contributed by atoms with Crippen LogP contribution in [0.3, 0.4) is 0 Å². The molecule has 0 radical (unpaired) electrons. The average molecular weight is 382 g/mol. The van der Waals surface area contributed by atoms with Gasteiger partial charge in [-0.25, -0.2) is 0 Å². The molecule has 150 valence electrons. The topological polar surface area (TPSA) is 64.4 Å². The number of hydrogen-bond donors (Lipinski definition) is 0. The van der Waals surface area contributed by atoms with E-state index in [-0.39, 0.29) is 36.5 Å². The van der Waals surface area contributed by atoms with Gasteiger partial charge >= 0.3 is 0 Å². The highest BCUT2D eigenvalue weighted by molar-refractivity contribution is 5.98. The largest absolute Gasteiger partial charge is 0.340 e. The van der Waals surface area contributed by atoms with E-state index >= 15 is 0 Å². The summed E-state index contributed by atoms with van der Waals surface area (Å²) in [5.41, 5.74) is 3.41. The van der Waals surface area contributed by atoms with Crippen molar-refractivity contribution >= 4 is 11.7 Å². The number of ketones is 1. The van der Waals surface area contributed by atoms with Gasteiger partial charge in [0.05, 0.1) is 6.07 Å². The molecule has 1 saturated heterocycles. The molecule has 1 heterocycles. The van der Waals surface area contributed by atoms with E-state index in [4.69, 9.17) is 0 Å². The summed E-state index contributed by atoms with van der Waals surface area (Å²) < 4.78 is 0. The quantitative estimate of drug-likeness (QED) is 0.710. The summed E-state index contributed by atoms with van der Waals surface area (Å²) in [7, 11) is 0. The predicted octanol–water partition coefficient (Wildman–Crippen LogP) is 3.22. The molecular formula is C23H31N3O2. The first-order valence-corrected chi connectivity index (χ1v) is 10.6. The molecule has 1 aromatic rings.